The molecule has 1 aromatic carbocycles. The van der Waals surface area contributed by atoms with Gasteiger partial charge in [0.1, 0.15) is 5.69 Å². The van der Waals surface area contributed by atoms with E-state index in [-0.39, 0.29) is 17.9 Å². The molecule has 1 aromatic heterocycles. The summed E-state index contributed by atoms with van der Waals surface area (Å²) in [5.41, 5.74) is 4.10. The summed E-state index contributed by atoms with van der Waals surface area (Å²) in [5.74, 6) is 0.230. The van der Waals surface area contributed by atoms with Crippen LogP contribution in [0.15, 0.2) is 18.2 Å². The normalized spacial score (nSPS) is 20.2. The smallest absolute Gasteiger partial charge is 0.270 e. The molecule has 4 heteroatoms. The van der Waals surface area contributed by atoms with Gasteiger partial charge in [-0.3, -0.25) is 4.79 Å². The van der Waals surface area contributed by atoms with E-state index < -0.39 is 0 Å². The first-order valence-electron chi connectivity index (χ1n) is 7.53. The van der Waals surface area contributed by atoms with Crippen LogP contribution >= 0.6 is 0 Å². The lowest BCUT2D eigenvalue weighted by atomic mass is 10.0. The SMILES string of the molecule is Cc1ccc2[nH]c(C(=O)N3CCC(C(C)O)C3)cc2c1C. The molecular formula is C17H22N2O2. The van der Waals surface area contributed by atoms with Gasteiger partial charge >= 0.3 is 0 Å². The number of carbonyl (C=O) groups excluding carboxylic acids is 1. The minimum Gasteiger partial charge on any atom is -0.393 e. The average molecular weight is 286 g/mol. The van der Waals surface area contributed by atoms with Crippen LogP contribution in [0.4, 0.5) is 0 Å². The van der Waals surface area contributed by atoms with Gasteiger partial charge < -0.3 is 15.0 Å². The van der Waals surface area contributed by atoms with E-state index in [1.165, 1.54) is 11.1 Å². The molecule has 21 heavy (non-hydrogen) atoms. The molecule has 4 nitrogen and oxygen atoms in total. The van der Waals surface area contributed by atoms with Crippen LogP contribution in [-0.4, -0.2) is 40.1 Å². The Balaban J connectivity index is 1.87. The number of aryl methyl sites for hydroxylation is 2. The van der Waals surface area contributed by atoms with E-state index in [2.05, 4.69) is 24.9 Å². The Labute approximate surface area is 124 Å². The van der Waals surface area contributed by atoms with Gasteiger partial charge in [-0.1, -0.05) is 6.07 Å². The summed E-state index contributed by atoms with van der Waals surface area (Å²) < 4.78 is 0. The minimum atomic E-state index is -0.351. The van der Waals surface area contributed by atoms with Crippen molar-refractivity contribution in [3.8, 4) is 0 Å². The van der Waals surface area contributed by atoms with E-state index >= 15 is 0 Å². The highest BCUT2D eigenvalue weighted by Gasteiger charge is 2.30. The molecule has 1 saturated heterocycles. The zero-order valence-corrected chi connectivity index (χ0v) is 12.8. The van der Waals surface area contributed by atoms with Gasteiger partial charge in [-0.05, 0) is 50.5 Å². The molecule has 0 saturated carbocycles. The van der Waals surface area contributed by atoms with Crippen molar-refractivity contribution in [2.75, 3.05) is 13.1 Å². The van der Waals surface area contributed by atoms with Crippen LogP contribution < -0.4 is 0 Å². The Morgan fingerprint density at radius 2 is 2.19 bits per heavy atom. The lowest BCUT2D eigenvalue weighted by Gasteiger charge is -2.16. The first-order valence-corrected chi connectivity index (χ1v) is 7.53. The lowest BCUT2D eigenvalue weighted by Crippen LogP contribution is -2.30. The van der Waals surface area contributed by atoms with Crippen molar-refractivity contribution in [2.24, 2.45) is 5.92 Å². The highest BCUT2D eigenvalue weighted by molar-refractivity contribution is 5.99. The van der Waals surface area contributed by atoms with Crippen molar-refractivity contribution >= 4 is 16.8 Å². The van der Waals surface area contributed by atoms with Gasteiger partial charge in [0.15, 0.2) is 0 Å². The van der Waals surface area contributed by atoms with E-state index in [1.54, 1.807) is 6.92 Å². The molecule has 1 aliphatic rings. The molecule has 3 rings (SSSR count). The first-order chi connectivity index (χ1) is 9.97. The summed E-state index contributed by atoms with van der Waals surface area (Å²) in [7, 11) is 0. The number of rotatable bonds is 2. The Morgan fingerprint density at radius 1 is 1.43 bits per heavy atom. The van der Waals surface area contributed by atoms with Crippen LogP contribution in [0.3, 0.4) is 0 Å². The van der Waals surface area contributed by atoms with Crippen LogP contribution in [0.2, 0.25) is 0 Å². The van der Waals surface area contributed by atoms with Crippen molar-refractivity contribution in [2.45, 2.75) is 33.3 Å². The number of nitrogens with zero attached hydrogens (tertiary/aromatic N) is 1. The maximum Gasteiger partial charge on any atom is 0.270 e. The Bertz CT molecular complexity index is 687. The number of aromatic amines is 1. The van der Waals surface area contributed by atoms with Gasteiger partial charge in [-0.15, -0.1) is 0 Å². The summed E-state index contributed by atoms with van der Waals surface area (Å²) in [6.45, 7) is 7.33. The van der Waals surface area contributed by atoms with Crippen LogP contribution in [0.1, 0.15) is 35.0 Å². The second-order valence-corrected chi connectivity index (χ2v) is 6.19. The number of fused-ring (bicyclic) bond motifs is 1. The van der Waals surface area contributed by atoms with Crippen LogP contribution in [0.25, 0.3) is 10.9 Å². The van der Waals surface area contributed by atoms with Crippen molar-refractivity contribution in [1.29, 1.82) is 0 Å². The van der Waals surface area contributed by atoms with E-state index in [0.717, 1.165) is 23.9 Å². The quantitative estimate of drug-likeness (QED) is 0.891. The highest BCUT2D eigenvalue weighted by Crippen LogP contribution is 2.25. The monoisotopic (exact) mass is 286 g/mol. The zero-order chi connectivity index (χ0) is 15.1. The molecule has 1 fully saturated rings. The Morgan fingerprint density at radius 3 is 2.86 bits per heavy atom. The molecule has 0 spiro atoms. The topological polar surface area (TPSA) is 56.3 Å². The maximum atomic E-state index is 12.6. The predicted octanol–water partition coefficient (Wildman–Crippen LogP) is 2.63. The number of nitrogens with one attached hydrogen (secondary N) is 1. The third kappa shape index (κ3) is 2.44. The minimum absolute atomic E-state index is 0.0337. The molecule has 112 valence electrons. The van der Waals surface area contributed by atoms with Crippen molar-refractivity contribution in [3.05, 3.63) is 35.0 Å². The summed E-state index contributed by atoms with van der Waals surface area (Å²) in [6.07, 6.45) is 0.525. The fourth-order valence-electron chi connectivity index (χ4n) is 3.11. The number of aromatic nitrogens is 1. The maximum absolute atomic E-state index is 12.6. The number of H-pyrrole nitrogens is 1. The molecule has 1 aliphatic heterocycles. The molecule has 2 N–H and O–H groups in total. The molecule has 2 aromatic rings. The fraction of sp³-hybridized carbons (Fsp3) is 0.471. The second kappa shape index (κ2) is 5.19. The highest BCUT2D eigenvalue weighted by atomic mass is 16.3. The number of carbonyl (C=O) groups is 1. The van der Waals surface area contributed by atoms with Crippen LogP contribution in [0, 0.1) is 19.8 Å². The number of hydrogen-bond acceptors (Lipinski definition) is 2. The summed E-state index contributed by atoms with van der Waals surface area (Å²) >= 11 is 0. The van der Waals surface area contributed by atoms with Crippen molar-refractivity contribution in [1.82, 2.24) is 9.88 Å². The standard InChI is InChI=1S/C17H22N2O2/c1-10-4-5-15-14(11(10)2)8-16(18-15)17(21)19-7-6-13(9-19)12(3)20/h4-5,8,12-13,18,20H,6-7,9H2,1-3H3. The summed E-state index contributed by atoms with van der Waals surface area (Å²) in [6, 6.07) is 6.05. The van der Waals surface area contributed by atoms with Gasteiger partial charge in [-0.25, -0.2) is 0 Å². The van der Waals surface area contributed by atoms with Crippen LogP contribution in [0.5, 0.6) is 0 Å². The van der Waals surface area contributed by atoms with E-state index in [1.807, 2.05) is 17.0 Å². The second-order valence-electron chi connectivity index (χ2n) is 6.19. The molecule has 0 radical (unpaired) electrons. The van der Waals surface area contributed by atoms with Gasteiger partial charge in [0.05, 0.1) is 6.10 Å². The molecular weight excluding hydrogens is 264 g/mol. The zero-order valence-electron chi connectivity index (χ0n) is 12.8. The first kappa shape index (κ1) is 14.1. The summed E-state index contributed by atoms with van der Waals surface area (Å²) in [5, 5.41) is 10.8. The number of benzene rings is 1. The predicted molar refractivity (Wildman–Crippen MR) is 83.5 cm³/mol. The number of aliphatic hydroxyl groups excluding tert-OH is 1. The van der Waals surface area contributed by atoms with E-state index in [9.17, 15) is 9.90 Å². The average Bonchev–Trinajstić information content (AvgIpc) is 3.09. The van der Waals surface area contributed by atoms with E-state index in [4.69, 9.17) is 0 Å². The van der Waals surface area contributed by atoms with Crippen molar-refractivity contribution < 1.29 is 9.90 Å². The molecule has 0 bridgehead atoms. The Hall–Kier alpha value is -1.81. The van der Waals surface area contributed by atoms with E-state index in [0.29, 0.717) is 12.2 Å². The molecule has 0 aliphatic carbocycles. The van der Waals surface area contributed by atoms with Gasteiger partial charge in [0.25, 0.3) is 5.91 Å². The summed E-state index contributed by atoms with van der Waals surface area (Å²) in [4.78, 5) is 17.7. The number of aliphatic hydroxyl groups is 1. The fourth-order valence-corrected chi connectivity index (χ4v) is 3.11. The van der Waals surface area contributed by atoms with Gasteiger partial charge in [0, 0.05) is 29.9 Å². The molecule has 1 amide bonds. The van der Waals surface area contributed by atoms with Gasteiger partial charge in [-0.2, -0.15) is 0 Å². The number of amides is 1. The third-order valence-electron chi connectivity index (χ3n) is 4.77. The van der Waals surface area contributed by atoms with Crippen LogP contribution in [-0.2, 0) is 0 Å². The lowest BCUT2D eigenvalue weighted by molar-refractivity contribution is 0.0757. The molecule has 2 unspecified atom stereocenters. The Kier molecular flexibility index (Phi) is 3.49. The molecule has 2 atom stereocenters. The largest absolute Gasteiger partial charge is 0.393 e. The van der Waals surface area contributed by atoms with Gasteiger partial charge in [0.2, 0.25) is 0 Å². The molecule has 2 heterocycles. The number of likely N-dealkylation sites (tertiary alicyclic amines) is 1. The third-order valence-corrected chi connectivity index (χ3v) is 4.77. The number of hydrogen-bond donors (Lipinski definition) is 2. The van der Waals surface area contributed by atoms with Crippen molar-refractivity contribution in [3.63, 3.8) is 0 Å².